The van der Waals surface area contributed by atoms with Gasteiger partial charge in [-0.05, 0) is 79.5 Å². The minimum absolute atomic E-state index is 0.951. The summed E-state index contributed by atoms with van der Waals surface area (Å²) in [4.78, 5) is 4.99. The van der Waals surface area contributed by atoms with Crippen molar-refractivity contribution in [3.63, 3.8) is 0 Å². The molecule has 0 N–H and O–H groups in total. The molecule has 1 aromatic heterocycles. The van der Waals surface area contributed by atoms with E-state index in [1.54, 1.807) is 0 Å². The van der Waals surface area contributed by atoms with Crippen LogP contribution in [-0.2, 0) is 0 Å². The molecule has 1 heterocycles. The van der Waals surface area contributed by atoms with Gasteiger partial charge in [0.05, 0.1) is 11.0 Å². The van der Waals surface area contributed by atoms with Crippen LogP contribution in [0.4, 0.5) is 0 Å². The second kappa shape index (κ2) is 9.40. The number of aromatic nitrogens is 2. The first-order valence-corrected chi connectivity index (χ1v) is 14.7. The molecule has 7 aromatic carbocycles. The molecule has 200 valence electrons. The minimum atomic E-state index is 0.951. The van der Waals surface area contributed by atoms with E-state index in [0.29, 0.717) is 0 Å². The summed E-state index contributed by atoms with van der Waals surface area (Å²) in [6, 6.07) is 56.6. The van der Waals surface area contributed by atoms with Gasteiger partial charge in [0.1, 0.15) is 5.82 Å². The summed E-state index contributed by atoms with van der Waals surface area (Å²) in [5.74, 6) is 0.951. The van der Waals surface area contributed by atoms with Gasteiger partial charge in [-0.3, -0.25) is 4.57 Å². The van der Waals surface area contributed by atoms with Gasteiger partial charge >= 0.3 is 0 Å². The first-order valence-electron chi connectivity index (χ1n) is 14.7. The molecule has 43 heavy (non-hydrogen) atoms. The van der Waals surface area contributed by atoms with Crippen LogP contribution in [-0.4, -0.2) is 9.55 Å². The fourth-order valence-corrected chi connectivity index (χ4v) is 6.77. The Kier molecular flexibility index (Phi) is 5.23. The fraction of sp³-hybridized carbons (Fsp3) is 0. The maximum Gasteiger partial charge on any atom is 0.145 e. The highest BCUT2D eigenvalue weighted by Crippen LogP contribution is 2.49. The third kappa shape index (κ3) is 3.70. The van der Waals surface area contributed by atoms with Gasteiger partial charge in [-0.25, -0.2) is 4.98 Å². The SMILES string of the molecule is c1ccc(-c2nc3ccccc3n2-c2ccc(-c3ccc(-c4ccc5c6c(cccc46)-c4ccccc4-5)cc3)cc2)cc1. The Morgan fingerprint density at radius 1 is 0.372 bits per heavy atom. The van der Waals surface area contributed by atoms with Crippen molar-refractivity contribution in [2.75, 3.05) is 0 Å². The van der Waals surface area contributed by atoms with Gasteiger partial charge < -0.3 is 0 Å². The third-order valence-corrected chi connectivity index (χ3v) is 8.80. The lowest BCUT2D eigenvalue weighted by Gasteiger charge is -2.12. The molecule has 9 rings (SSSR count). The second-order valence-electron chi connectivity index (χ2n) is 11.2. The topological polar surface area (TPSA) is 17.8 Å². The predicted octanol–water partition coefficient (Wildman–Crippen LogP) is 10.8. The highest BCUT2D eigenvalue weighted by molar-refractivity contribution is 6.18. The Balaban J connectivity index is 1.08. The van der Waals surface area contributed by atoms with E-state index in [2.05, 4.69) is 150 Å². The smallest absolute Gasteiger partial charge is 0.145 e. The zero-order valence-corrected chi connectivity index (χ0v) is 23.4. The van der Waals surface area contributed by atoms with Gasteiger partial charge in [-0.15, -0.1) is 0 Å². The molecule has 0 saturated carbocycles. The molecule has 0 bridgehead atoms. The van der Waals surface area contributed by atoms with Crippen molar-refractivity contribution < 1.29 is 0 Å². The third-order valence-electron chi connectivity index (χ3n) is 8.80. The highest BCUT2D eigenvalue weighted by Gasteiger charge is 2.22. The summed E-state index contributed by atoms with van der Waals surface area (Å²) in [7, 11) is 0. The van der Waals surface area contributed by atoms with E-state index in [4.69, 9.17) is 4.98 Å². The lowest BCUT2D eigenvalue weighted by molar-refractivity contribution is 1.10. The molecule has 0 atom stereocenters. The molecule has 2 heteroatoms. The number of imidazole rings is 1. The van der Waals surface area contributed by atoms with Crippen LogP contribution in [0, 0.1) is 0 Å². The zero-order valence-electron chi connectivity index (χ0n) is 23.4. The van der Waals surface area contributed by atoms with Crippen molar-refractivity contribution in [3.8, 4) is 61.6 Å². The molecule has 8 aromatic rings. The summed E-state index contributed by atoms with van der Waals surface area (Å²) < 4.78 is 2.26. The maximum atomic E-state index is 4.99. The van der Waals surface area contributed by atoms with Gasteiger partial charge in [0, 0.05) is 11.3 Å². The van der Waals surface area contributed by atoms with Crippen molar-refractivity contribution in [2.45, 2.75) is 0 Å². The van der Waals surface area contributed by atoms with E-state index in [1.165, 1.54) is 55.3 Å². The molecule has 0 radical (unpaired) electrons. The van der Waals surface area contributed by atoms with E-state index >= 15 is 0 Å². The number of hydrogen-bond acceptors (Lipinski definition) is 1. The number of rotatable bonds is 4. The number of nitrogens with zero attached hydrogens (tertiary/aromatic N) is 2. The summed E-state index contributed by atoms with van der Waals surface area (Å²) in [6.07, 6.45) is 0. The van der Waals surface area contributed by atoms with Crippen LogP contribution in [0.25, 0.3) is 83.4 Å². The van der Waals surface area contributed by atoms with Gasteiger partial charge in [-0.1, -0.05) is 133 Å². The predicted molar refractivity (Wildman–Crippen MR) is 179 cm³/mol. The van der Waals surface area contributed by atoms with E-state index in [1.807, 2.05) is 12.1 Å². The molecule has 0 saturated heterocycles. The summed E-state index contributed by atoms with van der Waals surface area (Å²) in [5, 5.41) is 2.67. The molecule has 0 unspecified atom stereocenters. The molecule has 1 aliphatic carbocycles. The fourth-order valence-electron chi connectivity index (χ4n) is 6.77. The normalized spacial score (nSPS) is 11.7. The number of benzene rings is 7. The highest BCUT2D eigenvalue weighted by atomic mass is 15.1. The second-order valence-corrected chi connectivity index (χ2v) is 11.2. The van der Waals surface area contributed by atoms with E-state index in [9.17, 15) is 0 Å². The number of hydrogen-bond donors (Lipinski definition) is 0. The first kappa shape index (κ1) is 23.9. The van der Waals surface area contributed by atoms with Crippen LogP contribution >= 0.6 is 0 Å². The molecule has 0 aliphatic heterocycles. The van der Waals surface area contributed by atoms with Crippen molar-refractivity contribution in [1.29, 1.82) is 0 Å². The summed E-state index contributed by atoms with van der Waals surface area (Å²) >= 11 is 0. The lowest BCUT2D eigenvalue weighted by Crippen LogP contribution is -1.97. The Hall–Kier alpha value is -5.73. The van der Waals surface area contributed by atoms with Crippen LogP contribution < -0.4 is 0 Å². The van der Waals surface area contributed by atoms with Gasteiger partial charge in [0.15, 0.2) is 0 Å². The van der Waals surface area contributed by atoms with E-state index < -0.39 is 0 Å². The van der Waals surface area contributed by atoms with Crippen LogP contribution in [0.3, 0.4) is 0 Å². The summed E-state index contributed by atoms with van der Waals surface area (Å²) in [6.45, 7) is 0. The van der Waals surface area contributed by atoms with Crippen molar-refractivity contribution >= 4 is 21.8 Å². The Bertz CT molecular complexity index is 2280. The standard InChI is InChI=1S/C41H26N2/c1-2-9-30(10-3-1)41-42-38-15-6-7-16-39(38)43(41)31-23-21-28(22-24-31)27-17-19-29(20-18-27)32-25-26-37-34-12-5-4-11-33(34)36-14-8-13-35(32)40(36)37/h1-26H. The van der Waals surface area contributed by atoms with E-state index in [-0.39, 0.29) is 0 Å². The first-order chi connectivity index (χ1) is 21.3. The van der Waals surface area contributed by atoms with Crippen molar-refractivity contribution in [3.05, 3.63) is 158 Å². The molecular formula is C41H26N2. The minimum Gasteiger partial charge on any atom is -0.292 e. The lowest BCUT2D eigenvalue weighted by atomic mass is 9.93. The Labute approximate surface area is 250 Å². The molecule has 0 amide bonds. The van der Waals surface area contributed by atoms with Gasteiger partial charge in [0.25, 0.3) is 0 Å². The van der Waals surface area contributed by atoms with E-state index in [0.717, 1.165) is 28.1 Å². The molecule has 0 fully saturated rings. The van der Waals surface area contributed by atoms with Crippen LogP contribution in [0.5, 0.6) is 0 Å². The summed E-state index contributed by atoms with van der Waals surface area (Å²) in [5.41, 5.74) is 14.5. The average molecular weight is 547 g/mol. The average Bonchev–Trinajstić information content (AvgIpc) is 3.63. The van der Waals surface area contributed by atoms with Crippen molar-refractivity contribution in [2.24, 2.45) is 0 Å². The quantitative estimate of drug-likeness (QED) is 0.215. The molecular weight excluding hydrogens is 520 g/mol. The monoisotopic (exact) mass is 546 g/mol. The molecule has 1 aliphatic rings. The number of fused-ring (bicyclic) bond motifs is 4. The Morgan fingerprint density at radius 3 is 1.72 bits per heavy atom. The van der Waals surface area contributed by atoms with Crippen LogP contribution in [0.2, 0.25) is 0 Å². The van der Waals surface area contributed by atoms with Gasteiger partial charge in [0.2, 0.25) is 0 Å². The largest absolute Gasteiger partial charge is 0.292 e. The number of para-hydroxylation sites is 2. The Morgan fingerprint density at radius 2 is 0.953 bits per heavy atom. The van der Waals surface area contributed by atoms with Crippen LogP contribution in [0.15, 0.2) is 158 Å². The zero-order chi connectivity index (χ0) is 28.3. The van der Waals surface area contributed by atoms with Crippen LogP contribution in [0.1, 0.15) is 0 Å². The molecule has 0 spiro atoms. The van der Waals surface area contributed by atoms with Crippen molar-refractivity contribution in [1.82, 2.24) is 9.55 Å². The van der Waals surface area contributed by atoms with Gasteiger partial charge in [-0.2, -0.15) is 0 Å². The maximum absolute atomic E-state index is 4.99. The molecule has 2 nitrogen and oxygen atoms in total.